The highest BCUT2D eigenvalue weighted by Gasteiger charge is 2.20. The van der Waals surface area contributed by atoms with Crippen LogP contribution in [0.2, 0.25) is 0 Å². The first-order valence-corrected chi connectivity index (χ1v) is 6.63. The molecule has 4 N–H and O–H groups in total. The standard InChI is InChI=1S/C16H12O4S/c17-8-5-6-11(12(18)7-8)13-9-3-1-2-4-10(9)16(21)15(20)14(13)19/h1-7,17-21H. The molecule has 5 heteroatoms. The summed E-state index contributed by atoms with van der Waals surface area (Å²) in [4.78, 5) is 0.269. The molecule has 0 heterocycles. The van der Waals surface area contributed by atoms with Gasteiger partial charge in [-0.25, -0.2) is 0 Å². The van der Waals surface area contributed by atoms with Crippen molar-refractivity contribution in [1.82, 2.24) is 0 Å². The molecule has 3 aromatic rings. The largest absolute Gasteiger partial charge is 0.508 e. The van der Waals surface area contributed by atoms with Gasteiger partial charge in [0.2, 0.25) is 0 Å². The Balaban J connectivity index is 2.47. The lowest BCUT2D eigenvalue weighted by Gasteiger charge is -2.14. The monoisotopic (exact) mass is 300 g/mol. The van der Waals surface area contributed by atoms with Gasteiger partial charge in [0.05, 0.1) is 4.90 Å². The number of benzene rings is 3. The number of fused-ring (bicyclic) bond motifs is 1. The Bertz CT molecular complexity index is 859. The Morgan fingerprint density at radius 2 is 1.43 bits per heavy atom. The van der Waals surface area contributed by atoms with Crippen LogP contribution in [-0.2, 0) is 0 Å². The lowest BCUT2D eigenvalue weighted by atomic mass is 9.95. The Hall–Kier alpha value is -2.53. The quantitative estimate of drug-likeness (QED) is 0.351. The number of aromatic hydroxyl groups is 4. The summed E-state index contributed by atoms with van der Waals surface area (Å²) in [5.74, 6) is -0.990. The number of thiol groups is 1. The average molecular weight is 300 g/mol. The Kier molecular flexibility index (Phi) is 3.07. The molecule has 0 aliphatic rings. The van der Waals surface area contributed by atoms with E-state index in [1.54, 1.807) is 24.3 Å². The maximum absolute atomic E-state index is 10.3. The molecule has 3 aromatic carbocycles. The highest BCUT2D eigenvalue weighted by atomic mass is 32.1. The second-order valence-electron chi connectivity index (χ2n) is 4.67. The third-order valence-corrected chi connectivity index (χ3v) is 3.84. The average Bonchev–Trinajstić information content (AvgIpc) is 2.47. The van der Waals surface area contributed by atoms with Crippen molar-refractivity contribution in [2.45, 2.75) is 4.90 Å². The van der Waals surface area contributed by atoms with Crippen molar-refractivity contribution < 1.29 is 20.4 Å². The first kappa shape index (κ1) is 13.5. The second kappa shape index (κ2) is 4.79. The van der Waals surface area contributed by atoms with Crippen LogP contribution in [0.4, 0.5) is 0 Å². The first-order chi connectivity index (χ1) is 10.0. The molecular formula is C16H12O4S. The molecule has 0 bridgehead atoms. The van der Waals surface area contributed by atoms with Crippen LogP contribution in [0.1, 0.15) is 0 Å². The maximum Gasteiger partial charge on any atom is 0.172 e. The van der Waals surface area contributed by atoms with Crippen LogP contribution in [0.3, 0.4) is 0 Å². The summed E-state index contributed by atoms with van der Waals surface area (Å²) in [6, 6.07) is 11.1. The van der Waals surface area contributed by atoms with Crippen LogP contribution in [0, 0.1) is 0 Å². The number of hydrogen-bond donors (Lipinski definition) is 5. The second-order valence-corrected chi connectivity index (χ2v) is 5.12. The third-order valence-electron chi connectivity index (χ3n) is 3.39. The van der Waals surface area contributed by atoms with Crippen molar-refractivity contribution in [3.8, 4) is 34.1 Å². The molecule has 0 radical (unpaired) electrons. The van der Waals surface area contributed by atoms with E-state index in [-0.39, 0.29) is 27.9 Å². The predicted molar refractivity (Wildman–Crippen MR) is 83.3 cm³/mol. The van der Waals surface area contributed by atoms with Gasteiger partial charge in [-0.05, 0) is 22.9 Å². The molecule has 0 saturated carbocycles. The fraction of sp³-hybridized carbons (Fsp3) is 0. The van der Waals surface area contributed by atoms with Gasteiger partial charge in [-0.1, -0.05) is 24.3 Å². The summed E-state index contributed by atoms with van der Waals surface area (Å²) in [6.45, 7) is 0. The Labute approximate surface area is 126 Å². The van der Waals surface area contributed by atoms with E-state index >= 15 is 0 Å². The van der Waals surface area contributed by atoms with Gasteiger partial charge in [0.1, 0.15) is 11.5 Å². The minimum atomic E-state index is -0.361. The topological polar surface area (TPSA) is 80.9 Å². The van der Waals surface area contributed by atoms with Crippen molar-refractivity contribution in [3.05, 3.63) is 42.5 Å². The van der Waals surface area contributed by atoms with Crippen LogP contribution in [0.5, 0.6) is 23.0 Å². The van der Waals surface area contributed by atoms with Crippen molar-refractivity contribution in [2.24, 2.45) is 0 Å². The predicted octanol–water partition coefficient (Wildman–Crippen LogP) is 3.62. The van der Waals surface area contributed by atoms with Crippen LogP contribution < -0.4 is 0 Å². The number of rotatable bonds is 1. The lowest BCUT2D eigenvalue weighted by molar-refractivity contribution is 0.398. The molecule has 0 unspecified atom stereocenters. The molecule has 0 saturated heterocycles. The highest BCUT2D eigenvalue weighted by molar-refractivity contribution is 7.80. The number of phenols is 4. The van der Waals surface area contributed by atoms with E-state index in [1.807, 2.05) is 0 Å². The van der Waals surface area contributed by atoms with Gasteiger partial charge in [0.15, 0.2) is 11.5 Å². The molecule has 0 spiro atoms. The minimum absolute atomic E-state index is 0.0879. The molecule has 0 atom stereocenters. The zero-order valence-corrected chi connectivity index (χ0v) is 11.7. The summed E-state index contributed by atoms with van der Waals surface area (Å²) >= 11 is 4.22. The number of hydrogen-bond acceptors (Lipinski definition) is 5. The van der Waals surface area contributed by atoms with Crippen molar-refractivity contribution in [3.63, 3.8) is 0 Å². The normalized spacial score (nSPS) is 10.9. The summed E-state index contributed by atoms with van der Waals surface area (Å²) in [7, 11) is 0. The summed E-state index contributed by atoms with van der Waals surface area (Å²) in [5.41, 5.74) is 0.600. The molecule has 0 aliphatic carbocycles. The first-order valence-electron chi connectivity index (χ1n) is 6.18. The molecule has 3 rings (SSSR count). The van der Waals surface area contributed by atoms with Crippen LogP contribution in [-0.4, -0.2) is 20.4 Å². The van der Waals surface area contributed by atoms with Gasteiger partial charge in [0.25, 0.3) is 0 Å². The Morgan fingerprint density at radius 1 is 0.762 bits per heavy atom. The zero-order chi connectivity index (χ0) is 15.1. The maximum atomic E-state index is 10.3. The Morgan fingerprint density at radius 3 is 2.10 bits per heavy atom. The van der Waals surface area contributed by atoms with E-state index in [1.165, 1.54) is 18.2 Å². The molecular weight excluding hydrogens is 288 g/mol. The van der Waals surface area contributed by atoms with E-state index in [2.05, 4.69) is 12.6 Å². The van der Waals surface area contributed by atoms with Gasteiger partial charge in [-0.2, -0.15) is 0 Å². The van der Waals surface area contributed by atoms with Crippen molar-refractivity contribution >= 4 is 23.4 Å². The third kappa shape index (κ3) is 2.02. The SMILES string of the molecule is Oc1ccc(-c2c(O)c(O)c(S)c3ccccc23)c(O)c1. The highest BCUT2D eigenvalue weighted by Crippen LogP contribution is 2.49. The molecule has 106 valence electrons. The van der Waals surface area contributed by atoms with Crippen LogP contribution in [0.25, 0.3) is 21.9 Å². The molecule has 0 fully saturated rings. The molecule has 0 aromatic heterocycles. The molecule has 0 amide bonds. The smallest absolute Gasteiger partial charge is 0.172 e. The van der Waals surface area contributed by atoms with Gasteiger partial charge >= 0.3 is 0 Å². The zero-order valence-electron chi connectivity index (χ0n) is 10.8. The summed E-state index contributed by atoms with van der Waals surface area (Å²) in [5, 5.41) is 41.0. The fourth-order valence-corrected chi connectivity index (χ4v) is 2.70. The van der Waals surface area contributed by atoms with Gasteiger partial charge in [-0.3, -0.25) is 0 Å². The van der Waals surface area contributed by atoms with Crippen molar-refractivity contribution in [1.29, 1.82) is 0 Å². The van der Waals surface area contributed by atoms with E-state index in [0.717, 1.165) is 0 Å². The fourth-order valence-electron chi connectivity index (χ4n) is 2.40. The molecule has 4 nitrogen and oxygen atoms in total. The lowest BCUT2D eigenvalue weighted by Crippen LogP contribution is -1.87. The van der Waals surface area contributed by atoms with Gasteiger partial charge in [0, 0.05) is 17.2 Å². The van der Waals surface area contributed by atoms with E-state index in [4.69, 9.17) is 0 Å². The molecule has 21 heavy (non-hydrogen) atoms. The molecule has 0 aliphatic heterocycles. The van der Waals surface area contributed by atoms with E-state index in [9.17, 15) is 20.4 Å². The number of phenolic OH excluding ortho intramolecular Hbond substituents is 4. The summed E-state index contributed by atoms with van der Waals surface area (Å²) < 4.78 is 0. The van der Waals surface area contributed by atoms with Gasteiger partial charge in [-0.15, -0.1) is 12.6 Å². The summed E-state index contributed by atoms with van der Waals surface area (Å²) in [6.07, 6.45) is 0. The van der Waals surface area contributed by atoms with E-state index in [0.29, 0.717) is 21.9 Å². The van der Waals surface area contributed by atoms with Crippen molar-refractivity contribution in [2.75, 3.05) is 0 Å². The van der Waals surface area contributed by atoms with Crippen LogP contribution >= 0.6 is 12.6 Å². The van der Waals surface area contributed by atoms with Crippen LogP contribution in [0.15, 0.2) is 47.4 Å². The van der Waals surface area contributed by atoms with E-state index < -0.39 is 0 Å². The van der Waals surface area contributed by atoms with Gasteiger partial charge < -0.3 is 20.4 Å². The minimum Gasteiger partial charge on any atom is -0.508 e.